The van der Waals surface area contributed by atoms with Gasteiger partial charge in [-0.25, -0.2) is 4.79 Å². The molecule has 6 heteroatoms. The molecule has 1 aromatic rings. The van der Waals surface area contributed by atoms with Crippen molar-refractivity contribution in [1.29, 1.82) is 0 Å². The number of nitrogens with zero attached hydrogens (tertiary/aromatic N) is 1. The monoisotopic (exact) mass is 240 g/mol. The summed E-state index contributed by atoms with van der Waals surface area (Å²) in [5, 5.41) is 14.9. The summed E-state index contributed by atoms with van der Waals surface area (Å²) < 4.78 is 4.76. The van der Waals surface area contributed by atoms with Gasteiger partial charge in [0, 0.05) is 6.07 Å². The molecule has 0 radical (unpaired) electrons. The Hall–Kier alpha value is -1.85. The van der Waals surface area contributed by atoms with Crippen molar-refractivity contribution in [3.05, 3.63) is 17.5 Å². The summed E-state index contributed by atoms with van der Waals surface area (Å²) >= 11 is 0. The first-order valence-corrected chi connectivity index (χ1v) is 5.37. The maximum Gasteiger partial charge on any atom is 0.326 e. The van der Waals surface area contributed by atoms with Gasteiger partial charge in [-0.05, 0) is 19.3 Å². The number of rotatable bonds is 5. The van der Waals surface area contributed by atoms with Gasteiger partial charge in [0.2, 0.25) is 5.76 Å². The van der Waals surface area contributed by atoms with Crippen LogP contribution in [0, 0.1) is 12.8 Å². The fraction of sp³-hybridized carbons (Fsp3) is 0.545. The van der Waals surface area contributed by atoms with Crippen molar-refractivity contribution < 1.29 is 19.2 Å². The molecule has 0 spiro atoms. The van der Waals surface area contributed by atoms with Gasteiger partial charge in [-0.3, -0.25) is 4.79 Å². The molecular formula is C11H16N2O4. The third-order valence-corrected chi connectivity index (χ3v) is 2.16. The minimum Gasteiger partial charge on any atom is -0.480 e. The number of carbonyl (C=O) groups is 2. The summed E-state index contributed by atoms with van der Waals surface area (Å²) in [4.78, 5) is 22.6. The average Bonchev–Trinajstić information content (AvgIpc) is 2.63. The van der Waals surface area contributed by atoms with E-state index >= 15 is 0 Å². The van der Waals surface area contributed by atoms with E-state index in [1.54, 1.807) is 6.92 Å². The first-order chi connectivity index (χ1) is 7.90. The second kappa shape index (κ2) is 5.47. The molecule has 0 unspecified atom stereocenters. The summed E-state index contributed by atoms with van der Waals surface area (Å²) in [6.45, 7) is 5.46. The summed E-state index contributed by atoms with van der Waals surface area (Å²) in [6.07, 6.45) is 0.369. The van der Waals surface area contributed by atoms with Gasteiger partial charge < -0.3 is 14.9 Å². The summed E-state index contributed by atoms with van der Waals surface area (Å²) in [5.74, 6) is -1.41. The molecule has 0 aliphatic heterocycles. The Labute approximate surface area is 99.0 Å². The van der Waals surface area contributed by atoms with E-state index in [0.717, 1.165) is 0 Å². The van der Waals surface area contributed by atoms with Crippen molar-refractivity contribution in [2.45, 2.75) is 33.2 Å². The molecule has 1 amide bonds. The number of hydrogen-bond donors (Lipinski definition) is 2. The highest BCUT2D eigenvalue weighted by Gasteiger charge is 2.23. The minimum absolute atomic E-state index is 0.0255. The van der Waals surface area contributed by atoms with Gasteiger partial charge in [0.05, 0.1) is 5.69 Å². The zero-order valence-electron chi connectivity index (χ0n) is 10.1. The largest absolute Gasteiger partial charge is 0.480 e. The van der Waals surface area contributed by atoms with Crippen LogP contribution in [0.25, 0.3) is 0 Å². The molecule has 1 heterocycles. The Morgan fingerprint density at radius 1 is 1.53 bits per heavy atom. The first-order valence-electron chi connectivity index (χ1n) is 5.37. The molecule has 1 atom stereocenters. The average molecular weight is 240 g/mol. The van der Waals surface area contributed by atoms with E-state index < -0.39 is 17.9 Å². The van der Waals surface area contributed by atoms with Gasteiger partial charge in [0.15, 0.2) is 0 Å². The number of carboxylic acids is 1. The number of nitrogens with one attached hydrogen (secondary N) is 1. The van der Waals surface area contributed by atoms with Crippen LogP contribution in [0.2, 0.25) is 0 Å². The number of aromatic nitrogens is 1. The van der Waals surface area contributed by atoms with E-state index in [2.05, 4.69) is 10.5 Å². The van der Waals surface area contributed by atoms with Gasteiger partial charge in [0.25, 0.3) is 5.91 Å². The van der Waals surface area contributed by atoms with Crippen LogP contribution in [-0.2, 0) is 4.79 Å². The van der Waals surface area contributed by atoms with Gasteiger partial charge in [-0.15, -0.1) is 0 Å². The standard InChI is InChI=1S/C11H16N2O4/c1-6(2)4-8(11(15)16)12-10(14)9-5-7(3)13-17-9/h5-6,8H,4H2,1-3H3,(H,12,14)(H,15,16)/t8-/m1/s1. The molecule has 6 nitrogen and oxygen atoms in total. The number of amides is 1. The minimum atomic E-state index is -1.05. The highest BCUT2D eigenvalue weighted by Crippen LogP contribution is 2.07. The molecule has 0 fully saturated rings. The molecule has 94 valence electrons. The van der Waals surface area contributed by atoms with Gasteiger partial charge in [-0.1, -0.05) is 19.0 Å². The van der Waals surface area contributed by atoms with E-state index in [9.17, 15) is 9.59 Å². The number of carboxylic acid groups (broad SMARTS) is 1. The molecule has 0 bridgehead atoms. The smallest absolute Gasteiger partial charge is 0.326 e. The van der Waals surface area contributed by atoms with E-state index in [0.29, 0.717) is 12.1 Å². The lowest BCUT2D eigenvalue weighted by molar-refractivity contribution is -0.139. The fourth-order valence-electron chi connectivity index (χ4n) is 1.39. The van der Waals surface area contributed by atoms with E-state index in [1.807, 2.05) is 13.8 Å². The van der Waals surface area contributed by atoms with Crippen molar-refractivity contribution in [2.24, 2.45) is 5.92 Å². The fourth-order valence-corrected chi connectivity index (χ4v) is 1.39. The van der Waals surface area contributed by atoms with Crippen molar-refractivity contribution in [2.75, 3.05) is 0 Å². The van der Waals surface area contributed by atoms with Crippen LogP contribution in [0.5, 0.6) is 0 Å². The van der Waals surface area contributed by atoms with Crippen LogP contribution in [0.15, 0.2) is 10.6 Å². The zero-order chi connectivity index (χ0) is 13.0. The second-order valence-corrected chi connectivity index (χ2v) is 4.33. The van der Waals surface area contributed by atoms with E-state index in [4.69, 9.17) is 9.63 Å². The Bertz CT molecular complexity index is 411. The molecule has 0 saturated carbocycles. The Morgan fingerprint density at radius 2 is 2.18 bits per heavy atom. The highest BCUT2D eigenvalue weighted by molar-refractivity contribution is 5.94. The van der Waals surface area contributed by atoms with E-state index in [1.165, 1.54) is 6.07 Å². The predicted octanol–water partition coefficient (Wildman–Crippen LogP) is 1.21. The van der Waals surface area contributed by atoms with Gasteiger partial charge >= 0.3 is 5.97 Å². The molecule has 17 heavy (non-hydrogen) atoms. The number of carbonyl (C=O) groups excluding carboxylic acids is 1. The van der Waals surface area contributed by atoms with E-state index in [-0.39, 0.29) is 11.7 Å². The lowest BCUT2D eigenvalue weighted by atomic mass is 10.0. The maximum absolute atomic E-state index is 11.6. The second-order valence-electron chi connectivity index (χ2n) is 4.33. The number of aryl methyl sites for hydroxylation is 1. The third-order valence-electron chi connectivity index (χ3n) is 2.16. The number of hydrogen-bond acceptors (Lipinski definition) is 4. The van der Waals surface area contributed by atoms with Crippen LogP contribution in [-0.4, -0.2) is 28.2 Å². The topological polar surface area (TPSA) is 92.4 Å². The van der Waals surface area contributed by atoms with Crippen LogP contribution < -0.4 is 5.32 Å². The van der Waals surface area contributed by atoms with Crippen molar-refractivity contribution in [1.82, 2.24) is 10.5 Å². The molecule has 0 aliphatic carbocycles. The first kappa shape index (κ1) is 13.2. The molecule has 1 rings (SSSR count). The molecule has 0 aliphatic rings. The SMILES string of the molecule is Cc1cc(C(=O)N[C@H](CC(C)C)C(=O)O)on1. The molecule has 1 aromatic heterocycles. The molecule has 2 N–H and O–H groups in total. The summed E-state index contributed by atoms with van der Waals surface area (Å²) in [6, 6.07) is 0.553. The third kappa shape index (κ3) is 3.90. The lowest BCUT2D eigenvalue weighted by Crippen LogP contribution is -2.41. The number of aliphatic carboxylic acids is 1. The van der Waals surface area contributed by atoms with Crippen LogP contribution in [0.1, 0.15) is 36.5 Å². The molecule has 0 aromatic carbocycles. The Balaban J connectivity index is 2.67. The Morgan fingerprint density at radius 3 is 2.59 bits per heavy atom. The van der Waals surface area contributed by atoms with Crippen LogP contribution >= 0.6 is 0 Å². The van der Waals surface area contributed by atoms with Crippen molar-refractivity contribution >= 4 is 11.9 Å². The predicted molar refractivity (Wildman–Crippen MR) is 59.6 cm³/mol. The van der Waals surface area contributed by atoms with Gasteiger partial charge in [0.1, 0.15) is 6.04 Å². The molecular weight excluding hydrogens is 224 g/mol. The van der Waals surface area contributed by atoms with Crippen molar-refractivity contribution in [3.8, 4) is 0 Å². The van der Waals surface area contributed by atoms with Gasteiger partial charge in [-0.2, -0.15) is 0 Å². The van der Waals surface area contributed by atoms with Crippen LogP contribution in [0.4, 0.5) is 0 Å². The highest BCUT2D eigenvalue weighted by atomic mass is 16.5. The quantitative estimate of drug-likeness (QED) is 0.807. The summed E-state index contributed by atoms with van der Waals surface area (Å²) in [5.41, 5.74) is 0.575. The van der Waals surface area contributed by atoms with Crippen molar-refractivity contribution in [3.63, 3.8) is 0 Å². The maximum atomic E-state index is 11.6. The van der Waals surface area contributed by atoms with Crippen LogP contribution in [0.3, 0.4) is 0 Å². The molecule has 0 saturated heterocycles. The normalized spacial score (nSPS) is 12.5. The Kier molecular flexibility index (Phi) is 4.25. The lowest BCUT2D eigenvalue weighted by Gasteiger charge is -2.15. The summed E-state index contributed by atoms with van der Waals surface area (Å²) in [7, 11) is 0. The zero-order valence-corrected chi connectivity index (χ0v) is 10.1.